The molecule has 0 radical (unpaired) electrons. The van der Waals surface area contributed by atoms with Crippen molar-refractivity contribution in [2.75, 3.05) is 33.1 Å². The van der Waals surface area contributed by atoms with Crippen LogP contribution in [0.25, 0.3) is 0 Å². The highest BCUT2D eigenvalue weighted by Crippen LogP contribution is 2.37. The molecule has 1 aliphatic rings. The lowest BCUT2D eigenvalue weighted by Crippen LogP contribution is -2.49. The molecular formula is C17H25ClN2O5S. The van der Waals surface area contributed by atoms with E-state index in [-0.39, 0.29) is 18.5 Å². The molecule has 0 aliphatic carbocycles. The molecule has 1 aliphatic heterocycles. The first kappa shape index (κ1) is 20.8. The Morgan fingerprint density at radius 2 is 2.12 bits per heavy atom. The van der Waals surface area contributed by atoms with Crippen LogP contribution in [0, 0.1) is 0 Å². The number of carbonyl (C=O) groups is 1. The number of ether oxygens (including phenoxy) is 2. The summed E-state index contributed by atoms with van der Waals surface area (Å²) in [6.45, 7) is 3.03. The molecule has 1 unspecified atom stereocenters. The van der Waals surface area contributed by atoms with Gasteiger partial charge in [-0.2, -0.15) is 0 Å². The maximum atomic E-state index is 13.0. The topological polar surface area (TPSA) is 84.9 Å². The Bertz CT molecular complexity index is 754. The first-order chi connectivity index (χ1) is 12.3. The largest absolute Gasteiger partial charge is 0.493 e. The van der Waals surface area contributed by atoms with E-state index >= 15 is 0 Å². The predicted octanol–water partition coefficient (Wildman–Crippen LogP) is 2.29. The average Bonchev–Trinajstić information content (AvgIpc) is 2.60. The number of likely N-dealkylation sites (tertiary alicyclic amines) is 1. The SMILES string of the molecule is CCOc1c(Cl)cc(C(=O)N2CCCCC2CNS(C)(=O)=O)cc1OC. The van der Waals surface area contributed by atoms with Gasteiger partial charge in [0.25, 0.3) is 5.91 Å². The lowest BCUT2D eigenvalue weighted by Gasteiger charge is -2.36. The van der Waals surface area contributed by atoms with Gasteiger partial charge in [0, 0.05) is 24.7 Å². The second-order valence-electron chi connectivity index (χ2n) is 6.19. The Hall–Kier alpha value is -1.51. The Morgan fingerprint density at radius 1 is 1.38 bits per heavy atom. The number of nitrogens with one attached hydrogen (secondary N) is 1. The van der Waals surface area contributed by atoms with Crippen LogP contribution in [-0.4, -0.2) is 58.3 Å². The minimum atomic E-state index is -3.31. The van der Waals surface area contributed by atoms with E-state index in [4.69, 9.17) is 21.1 Å². The van der Waals surface area contributed by atoms with Gasteiger partial charge in [-0.15, -0.1) is 0 Å². The van der Waals surface area contributed by atoms with E-state index in [1.54, 1.807) is 17.0 Å². The zero-order valence-corrected chi connectivity index (χ0v) is 16.8. The fourth-order valence-electron chi connectivity index (χ4n) is 3.02. The zero-order chi connectivity index (χ0) is 19.3. The van der Waals surface area contributed by atoms with E-state index in [1.807, 2.05) is 6.92 Å². The highest BCUT2D eigenvalue weighted by molar-refractivity contribution is 7.88. The van der Waals surface area contributed by atoms with Crippen LogP contribution in [0.2, 0.25) is 5.02 Å². The van der Waals surface area contributed by atoms with Crippen molar-refractivity contribution in [2.45, 2.75) is 32.2 Å². The number of rotatable bonds is 7. The molecule has 0 bridgehead atoms. The van der Waals surface area contributed by atoms with Crippen molar-refractivity contribution in [1.29, 1.82) is 0 Å². The third-order valence-electron chi connectivity index (χ3n) is 4.23. The Morgan fingerprint density at radius 3 is 2.73 bits per heavy atom. The smallest absolute Gasteiger partial charge is 0.254 e. The molecule has 1 aromatic rings. The van der Waals surface area contributed by atoms with Crippen molar-refractivity contribution in [3.8, 4) is 11.5 Å². The molecule has 0 aromatic heterocycles. The molecule has 1 aromatic carbocycles. The summed E-state index contributed by atoms with van der Waals surface area (Å²) >= 11 is 6.27. The number of hydrogen-bond donors (Lipinski definition) is 1. The summed E-state index contributed by atoms with van der Waals surface area (Å²) in [6, 6.07) is 2.98. The molecule has 1 saturated heterocycles. The van der Waals surface area contributed by atoms with Gasteiger partial charge in [-0.1, -0.05) is 11.6 Å². The molecule has 1 fully saturated rings. The summed E-state index contributed by atoms with van der Waals surface area (Å²) < 4.78 is 36.0. The number of methoxy groups -OCH3 is 1. The van der Waals surface area contributed by atoms with Crippen LogP contribution in [0.5, 0.6) is 11.5 Å². The maximum Gasteiger partial charge on any atom is 0.254 e. The molecule has 9 heteroatoms. The minimum absolute atomic E-state index is 0.192. The first-order valence-electron chi connectivity index (χ1n) is 8.52. The molecule has 1 atom stereocenters. The second-order valence-corrected chi connectivity index (χ2v) is 8.43. The predicted molar refractivity (Wildman–Crippen MR) is 101 cm³/mol. The van der Waals surface area contributed by atoms with Crippen LogP contribution in [0.15, 0.2) is 12.1 Å². The molecule has 26 heavy (non-hydrogen) atoms. The quantitative estimate of drug-likeness (QED) is 0.753. The number of carbonyl (C=O) groups excluding carboxylic acids is 1. The summed E-state index contributed by atoms with van der Waals surface area (Å²) in [5.41, 5.74) is 0.390. The second kappa shape index (κ2) is 8.92. The van der Waals surface area contributed by atoms with Gasteiger partial charge in [0.2, 0.25) is 10.0 Å². The van der Waals surface area contributed by atoms with E-state index in [0.29, 0.717) is 35.2 Å². The van der Waals surface area contributed by atoms with Crippen molar-refractivity contribution in [1.82, 2.24) is 9.62 Å². The molecule has 146 valence electrons. The molecule has 0 saturated carbocycles. The summed E-state index contributed by atoms with van der Waals surface area (Å²) in [5.74, 6) is 0.598. The van der Waals surface area contributed by atoms with Gasteiger partial charge >= 0.3 is 0 Å². The van der Waals surface area contributed by atoms with Gasteiger partial charge in [0.1, 0.15) is 0 Å². The first-order valence-corrected chi connectivity index (χ1v) is 10.8. The summed E-state index contributed by atoms with van der Waals surface area (Å²) in [4.78, 5) is 14.7. The fourth-order valence-corrected chi connectivity index (χ4v) is 3.78. The normalized spacial score (nSPS) is 17.8. The molecule has 0 spiro atoms. The van der Waals surface area contributed by atoms with E-state index in [2.05, 4.69) is 4.72 Å². The zero-order valence-electron chi connectivity index (χ0n) is 15.2. The van der Waals surface area contributed by atoms with Crippen molar-refractivity contribution in [3.63, 3.8) is 0 Å². The summed E-state index contributed by atoms with van der Waals surface area (Å²) in [5, 5.41) is 0.303. The summed E-state index contributed by atoms with van der Waals surface area (Å²) in [7, 11) is -1.82. The highest BCUT2D eigenvalue weighted by Gasteiger charge is 2.29. The number of sulfonamides is 1. The molecule has 7 nitrogen and oxygen atoms in total. The van der Waals surface area contributed by atoms with Gasteiger partial charge in [-0.3, -0.25) is 4.79 Å². The number of halogens is 1. The van der Waals surface area contributed by atoms with Crippen molar-refractivity contribution >= 4 is 27.5 Å². The van der Waals surface area contributed by atoms with Crippen LogP contribution in [0.4, 0.5) is 0 Å². The van der Waals surface area contributed by atoms with Crippen LogP contribution < -0.4 is 14.2 Å². The molecular weight excluding hydrogens is 380 g/mol. The molecule has 1 amide bonds. The van der Waals surface area contributed by atoms with E-state index in [1.165, 1.54) is 7.11 Å². The van der Waals surface area contributed by atoms with E-state index < -0.39 is 10.0 Å². The molecule has 2 rings (SSSR count). The van der Waals surface area contributed by atoms with Gasteiger partial charge in [-0.05, 0) is 38.3 Å². The van der Waals surface area contributed by atoms with Crippen LogP contribution in [0.1, 0.15) is 36.5 Å². The molecule has 1 N–H and O–H groups in total. The number of piperidine rings is 1. The number of benzene rings is 1. The number of hydrogen-bond acceptors (Lipinski definition) is 5. The Kier molecular flexibility index (Phi) is 7.14. The van der Waals surface area contributed by atoms with Gasteiger partial charge in [0.15, 0.2) is 11.5 Å². The Balaban J connectivity index is 2.26. The number of amides is 1. The average molecular weight is 405 g/mol. The maximum absolute atomic E-state index is 13.0. The van der Waals surface area contributed by atoms with Gasteiger partial charge < -0.3 is 14.4 Å². The fraction of sp³-hybridized carbons (Fsp3) is 0.588. The Labute approximate surface area is 159 Å². The minimum Gasteiger partial charge on any atom is -0.493 e. The lowest BCUT2D eigenvalue weighted by atomic mass is 10.0. The number of nitrogens with zero attached hydrogens (tertiary/aromatic N) is 1. The monoisotopic (exact) mass is 404 g/mol. The van der Waals surface area contributed by atoms with E-state index in [9.17, 15) is 13.2 Å². The van der Waals surface area contributed by atoms with E-state index in [0.717, 1.165) is 25.5 Å². The highest BCUT2D eigenvalue weighted by atomic mass is 35.5. The summed E-state index contributed by atoms with van der Waals surface area (Å²) in [6.07, 6.45) is 3.69. The van der Waals surface area contributed by atoms with Crippen molar-refractivity contribution in [2.24, 2.45) is 0 Å². The van der Waals surface area contributed by atoms with Gasteiger partial charge in [-0.25, -0.2) is 13.1 Å². The van der Waals surface area contributed by atoms with Crippen molar-refractivity contribution < 1.29 is 22.7 Å². The van der Waals surface area contributed by atoms with Crippen LogP contribution in [0.3, 0.4) is 0 Å². The third-order valence-corrected chi connectivity index (χ3v) is 5.21. The van der Waals surface area contributed by atoms with Crippen LogP contribution in [-0.2, 0) is 10.0 Å². The lowest BCUT2D eigenvalue weighted by molar-refractivity contribution is 0.0618. The third kappa shape index (κ3) is 5.25. The molecule has 1 heterocycles. The van der Waals surface area contributed by atoms with Gasteiger partial charge in [0.05, 0.1) is 25.0 Å². The van der Waals surface area contributed by atoms with Crippen molar-refractivity contribution in [3.05, 3.63) is 22.7 Å². The standard InChI is InChI=1S/C17H25ClN2O5S/c1-4-25-16-14(18)9-12(10-15(16)24-2)17(21)20-8-6-5-7-13(20)11-19-26(3,22)23/h9-10,13,19H,4-8,11H2,1-3H3. The van der Waals surface area contributed by atoms with Crippen LogP contribution >= 0.6 is 11.6 Å².